The number of likely N-dealkylation sites (tertiary alicyclic amines) is 1. The van der Waals surface area contributed by atoms with Crippen molar-refractivity contribution in [3.05, 3.63) is 30.1 Å². The van der Waals surface area contributed by atoms with E-state index in [0.717, 1.165) is 12.0 Å². The molecule has 2 rings (SSSR count). The highest BCUT2D eigenvalue weighted by Crippen LogP contribution is 2.28. The third-order valence-corrected chi connectivity index (χ3v) is 2.96. The molecule has 1 aliphatic rings. The van der Waals surface area contributed by atoms with Crippen LogP contribution in [0.5, 0.6) is 0 Å². The fraction of sp³-hybridized carbons (Fsp3) is 0.455. The van der Waals surface area contributed by atoms with Gasteiger partial charge < -0.3 is 10.6 Å². The Kier molecular flexibility index (Phi) is 2.68. The number of hydrogen-bond acceptors (Lipinski definition) is 3. The van der Waals surface area contributed by atoms with Gasteiger partial charge in [0.05, 0.1) is 6.04 Å². The number of carbonyl (C=O) groups is 1. The van der Waals surface area contributed by atoms with Gasteiger partial charge in [-0.15, -0.1) is 0 Å². The first kappa shape index (κ1) is 10.1. The Labute approximate surface area is 89.1 Å². The van der Waals surface area contributed by atoms with Gasteiger partial charge in [0, 0.05) is 31.9 Å². The van der Waals surface area contributed by atoms with Gasteiger partial charge in [-0.1, -0.05) is 0 Å². The molecule has 0 saturated carbocycles. The van der Waals surface area contributed by atoms with Gasteiger partial charge in [0.25, 0.3) is 0 Å². The molecule has 2 heterocycles. The summed E-state index contributed by atoms with van der Waals surface area (Å²) in [5, 5.41) is 0. The number of likely N-dealkylation sites (N-methyl/N-ethyl adjacent to an activating group) is 1. The molecule has 0 aromatic carbocycles. The predicted octanol–water partition coefficient (Wildman–Crippen LogP) is 0.702. The Hall–Kier alpha value is -1.42. The van der Waals surface area contributed by atoms with Crippen molar-refractivity contribution in [2.24, 2.45) is 5.73 Å². The van der Waals surface area contributed by atoms with Crippen molar-refractivity contribution >= 4 is 5.91 Å². The van der Waals surface area contributed by atoms with Crippen molar-refractivity contribution < 1.29 is 4.79 Å². The highest BCUT2D eigenvalue weighted by atomic mass is 16.2. The summed E-state index contributed by atoms with van der Waals surface area (Å²) >= 11 is 0. The number of rotatable bonds is 1. The molecule has 1 saturated heterocycles. The number of aromatic nitrogens is 1. The molecule has 0 aliphatic carbocycles. The van der Waals surface area contributed by atoms with Crippen LogP contribution in [-0.4, -0.2) is 28.9 Å². The van der Waals surface area contributed by atoms with E-state index >= 15 is 0 Å². The summed E-state index contributed by atoms with van der Waals surface area (Å²) in [4.78, 5) is 17.3. The molecule has 1 aromatic heterocycles. The Bertz CT molecular complexity index is 352. The van der Waals surface area contributed by atoms with Crippen LogP contribution in [0.4, 0.5) is 0 Å². The van der Waals surface area contributed by atoms with E-state index in [9.17, 15) is 4.79 Å². The molecule has 4 nitrogen and oxygen atoms in total. The minimum absolute atomic E-state index is 0.00532. The maximum Gasteiger partial charge on any atom is 0.222 e. The number of nitrogens with two attached hydrogens (primary N) is 1. The predicted molar refractivity (Wildman–Crippen MR) is 57.0 cm³/mol. The molecule has 1 amide bonds. The number of nitrogens with zero attached hydrogens (tertiary/aromatic N) is 2. The molecule has 0 spiro atoms. The molecular weight excluding hydrogens is 190 g/mol. The van der Waals surface area contributed by atoms with E-state index in [2.05, 4.69) is 4.98 Å². The molecule has 1 fully saturated rings. The van der Waals surface area contributed by atoms with Gasteiger partial charge in [0.2, 0.25) is 5.91 Å². The average molecular weight is 205 g/mol. The molecule has 2 N–H and O–H groups in total. The largest absolute Gasteiger partial charge is 0.337 e. The van der Waals surface area contributed by atoms with Crippen molar-refractivity contribution in [3.8, 4) is 0 Å². The second-order valence-electron chi connectivity index (χ2n) is 3.93. The zero-order chi connectivity index (χ0) is 10.8. The summed E-state index contributed by atoms with van der Waals surface area (Å²) in [5.74, 6) is 0.165. The molecule has 15 heavy (non-hydrogen) atoms. The minimum Gasteiger partial charge on any atom is -0.337 e. The summed E-state index contributed by atoms with van der Waals surface area (Å²) in [6, 6.07) is 3.85. The summed E-state index contributed by atoms with van der Waals surface area (Å²) in [7, 11) is 1.81. The number of hydrogen-bond donors (Lipinski definition) is 1. The van der Waals surface area contributed by atoms with Crippen molar-refractivity contribution in [1.82, 2.24) is 9.88 Å². The maximum atomic E-state index is 11.6. The second-order valence-corrected chi connectivity index (χ2v) is 3.93. The first-order chi connectivity index (χ1) is 7.20. The molecule has 1 aromatic rings. The van der Waals surface area contributed by atoms with Crippen LogP contribution >= 0.6 is 0 Å². The highest BCUT2D eigenvalue weighted by molar-refractivity contribution is 5.77. The number of pyridine rings is 1. The third kappa shape index (κ3) is 1.85. The lowest BCUT2D eigenvalue weighted by atomic mass is 9.92. The fourth-order valence-electron chi connectivity index (χ4n) is 2.10. The van der Waals surface area contributed by atoms with Gasteiger partial charge >= 0.3 is 0 Å². The van der Waals surface area contributed by atoms with Crippen LogP contribution in [0.15, 0.2) is 24.5 Å². The lowest BCUT2D eigenvalue weighted by Gasteiger charge is -2.37. The van der Waals surface area contributed by atoms with E-state index in [-0.39, 0.29) is 18.0 Å². The van der Waals surface area contributed by atoms with Crippen LogP contribution in [-0.2, 0) is 4.79 Å². The zero-order valence-corrected chi connectivity index (χ0v) is 8.76. The monoisotopic (exact) mass is 205 g/mol. The van der Waals surface area contributed by atoms with E-state index in [1.807, 2.05) is 19.2 Å². The lowest BCUT2D eigenvalue weighted by molar-refractivity contribution is -0.135. The quantitative estimate of drug-likeness (QED) is 0.734. The van der Waals surface area contributed by atoms with Crippen molar-refractivity contribution in [2.45, 2.75) is 24.9 Å². The molecule has 0 bridgehead atoms. The van der Waals surface area contributed by atoms with Crippen LogP contribution in [0.1, 0.15) is 24.4 Å². The summed E-state index contributed by atoms with van der Waals surface area (Å²) in [6.45, 7) is 0. The first-order valence-corrected chi connectivity index (χ1v) is 5.11. The van der Waals surface area contributed by atoms with Crippen LogP contribution in [0.3, 0.4) is 0 Å². The van der Waals surface area contributed by atoms with Crippen molar-refractivity contribution in [3.63, 3.8) is 0 Å². The van der Waals surface area contributed by atoms with Gasteiger partial charge in [0.15, 0.2) is 0 Å². The van der Waals surface area contributed by atoms with Crippen LogP contribution in [0.25, 0.3) is 0 Å². The summed E-state index contributed by atoms with van der Waals surface area (Å²) in [5.41, 5.74) is 7.11. The van der Waals surface area contributed by atoms with Gasteiger partial charge in [-0.2, -0.15) is 0 Å². The van der Waals surface area contributed by atoms with E-state index in [1.165, 1.54) is 0 Å². The van der Waals surface area contributed by atoms with Gasteiger partial charge in [0.1, 0.15) is 0 Å². The van der Waals surface area contributed by atoms with Gasteiger partial charge in [-0.3, -0.25) is 9.78 Å². The van der Waals surface area contributed by atoms with Crippen LogP contribution < -0.4 is 5.73 Å². The Morgan fingerprint density at radius 1 is 1.47 bits per heavy atom. The second kappa shape index (κ2) is 3.98. The molecule has 80 valence electrons. The standard InChI is InChI=1S/C11H15N3O/c1-14-10(15)3-2-9(12)11(14)8-4-6-13-7-5-8/h4-7,9,11H,2-3,12H2,1H3. The minimum atomic E-state index is -0.00532. The number of carbonyl (C=O) groups excluding carboxylic acids is 1. The maximum absolute atomic E-state index is 11.6. The van der Waals surface area contributed by atoms with Crippen molar-refractivity contribution in [2.75, 3.05) is 7.05 Å². The smallest absolute Gasteiger partial charge is 0.222 e. The van der Waals surface area contributed by atoms with E-state index in [1.54, 1.807) is 17.3 Å². The molecule has 0 radical (unpaired) electrons. The van der Waals surface area contributed by atoms with Crippen LogP contribution in [0.2, 0.25) is 0 Å². The third-order valence-electron chi connectivity index (χ3n) is 2.96. The lowest BCUT2D eigenvalue weighted by Crippen LogP contribution is -2.46. The molecule has 1 aliphatic heterocycles. The fourth-order valence-corrected chi connectivity index (χ4v) is 2.10. The van der Waals surface area contributed by atoms with E-state index in [4.69, 9.17) is 5.73 Å². The normalized spacial score (nSPS) is 26.8. The average Bonchev–Trinajstić information content (AvgIpc) is 2.26. The first-order valence-electron chi connectivity index (χ1n) is 5.11. The van der Waals surface area contributed by atoms with Gasteiger partial charge in [-0.05, 0) is 24.1 Å². The highest BCUT2D eigenvalue weighted by Gasteiger charge is 2.32. The van der Waals surface area contributed by atoms with E-state index < -0.39 is 0 Å². The Balaban J connectivity index is 2.29. The van der Waals surface area contributed by atoms with Gasteiger partial charge in [-0.25, -0.2) is 0 Å². The molecule has 4 heteroatoms. The SMILES string of the molecule is CN1C(=O)CCC(N)C1c1ccncc1. The Morgan fingerprint density at radius 2 is 2.13 bits per heavy atom. The summed E-state index contributed by atoms with van der Waals surface area (Å²) in [6.07, 6.45) is 4.78. The number of amides is 1. The molecule has 2 unspecified atom stereocenters. The van der Waals surface area contributed by atoms with E-state index in [0.29, 0.717) is 6.42 Å². The van der Waals surface area contributed by atoms with Crippen LogP contribution in [0, 0.1) is 0 Å². The number of piperidine rings is 1. The zero-order valence-electron chi connectivity index (χ0n) is 8.76. The summed E-state index contributed by atoms with van der Waals surface area (Å²) < 4.78 is 0. The molecular formula is C11H15N3O. The van der Waals surface area contributed by atoms with Crippen molar-refractivity contribution in [1.29, 1.82) is 0 Å². The molecule has 2 atom stereocenters. The topological polar surface area (TPSA) is 59.2 Å². The Morgan fingerprint density at radius 3 is 2.80 bits per heavy atom.